The molecule has 2 aromatic carbocycles. The molecule has 2 aromatic rings. The minimum absolute atomic E-state index is 0.0732. The van der Waals surface area contributed by atoms with Gasteiger partial charge in [-0.25, -0.2) is 0 Å². The molecule has 0 bridgehead atoms. The lowest BCUT2D eigenvalue weighted by molar-refractivity contribution is -0.137. The number of benzene rings is 2. The Hall–Kier alpha value is -3.35. The highest BCUT2D eigenvalue weighted by atomic mass is 16.5. The quantitative estimate of drug-likeness (QED) is 0.767. The molecule has 2 amide bonds. The fraction of sp³-hybridized carbons (Fsp3) is 0.286. The number of fused-ring (bicyclic) bond motifs is 1. The molecule has 1 aliphatic rings. The zero-order valence-electron chi connectivity index (χ0n) is 15.5. The SMILES string of the molecule is C[C@@H]1Oc2ccccc2N(CC(=O)N[C@@H](CCC(=O)O)c2ccccc2)C1=O. The third-order valence-corrected chi connectivity index (χ3v) is 4.56. The molecule has 7 nitrogen and oxygen atoms in total. The van der Waals surface area contributed by atoms with Crippen molar-refractivity contribution >= 4 is 23.5 Å². The van der Waals surface area contributed by atoms with Crippen molar-refractivity contribution in [2.45, 2.75) is 31.9 Å². The van der Waals surface area contributed by atoms with Crippen LogP contribution in [0.4, 0.5) is 5.69 Å². The predicted molar refractivity (Wildman–Crippen MR) is 103 cm³/mol. The third kappa shape index (κ3) is 4.49. The molecule has 146 valence electrons. The number of carbonyl (C=O) groups is 3. The van der Waals surface area contributed by atoms with E-state index in [0.29, 0.717) is 11.4 Å². The number of carboxylic acids is 1. The van der Waals surface area contributed by atoms with Gasteiger partial charge in [0.15, 0.2) is 6.10 Å². The highest BCUT2D eigenvalue weighted by Gasteiger charge is 2.32. The number of para-hydroxylation sites is 2. The van der Waals surface area contributed by atoms with Gasteiger partial charge in [0, 0.05) is 6.42 Å². The maximum atomic E-state index is 12.7. The molecular formula is C21H22N2O5. The van der Waals surface area contributed by atoms with Crippen LogP contribution in [0.2, 0.25) is 0 Å². The van der Waals surface area contributed by atoms with E-state index >= 15 is 0 Å². The molecule has 1 heterocycles. The first-order valence-electron chi connectivity index (χ1n) is 9.09. The highest BCUT2D eigenvalue weighted by Crippen LogP contribution is 2.33. The standard InChI is InChI=1S/C21H22N2O5/c1-14-21(27)23(17-9-5-6-10-18(17)28-14)13-19(24)22-16(11-12-20(25)26)15-7-3-2-4-8-15/h2-10,14,16H,11-13H2,1H3,(H,22,24)(H,25,26)/t14-,16-/m0/s1. The minimum Gasteiger partial charge on any atom is -0.481 e. The Bertz CT molecular complexity index is 868. The van der Waals surface area contributed by atoms with Gasteiger partial charge in [-0.3, -0.25) is 19.3 Å². The van der Waals surface area contributed by atoms with Crippen LogP contribution in [0.1, 0.15) is 31.4 Å². The Balaban J connectivity index is 1.75. The van der Waals surface area contributed by atoms with Gasteiger partial charge >= 0.3 is 5.97 Å². The van der Waals surface area contributed by atoms with Crippen LogP contribution >= 0.6 is 0 Å². The summed E-state index contributed by atoms with van der Waals surface area (Å²) in [4.78, 5) is 37.6. The van der Waals surface area contributed by atoms with Crippen molar-refractivity contribution in [2.24, 2.45) is 0 Å². The molecule has 0 saturated heterocycles. The van der Waals surface area contributed by atoms with Crippen molar-refractivity contribution in [3.8, 4) is 5.75 Å². The first-order valence-corrected chi connectivity index (χ1v) is 9.09. The number of nitrogens with one attached hydrogen (secondary N) is 1. The molecule has 28 heavy (non-hydrogen) atoms. The molecule has 0 aliphatic carbocycles. The first kappa shape index (κ1) is 19.4. The monoisotopic (exact) mass is 382 g/mol. The summed E-state index contributed by atoms with van der Waals surface area (Å²) in [6.45, 7) is 1.47. The average molecular weight is 382 g/mol. The second-order valence-electron chi connectivity index (χ2n) is 6.62. The number of anilines is 1. The van der Waals surface area contributed by atoms with E-state index in [2.05, 4.69) is 5.32 Å². The molecule has 0 fully saturated rings. The fourth-order valence-electron chi connectivity index (χ4n) is 3.18. The number of ether oxygens (including phenoxy) is 1. The number of amides is 2. The Morgan fingerprint density at radius 3 is 2.54 bits per heavy atom. The lowest BCUT2D eigenvalue weighted by Crippen LogP contribution is -2.49. The van der Waals surface area contributed by atoms with Crippen LogP contribution in [0.5, 0.6) is 5.75 Å². The van der Waals surface area contributed by atoms with Crippen LogP contribution in [0.15, 0.2) is 54.6 Å². The van der Waals surface area contributed by atoms with Crippen molar-refractivity contribution in [2.75, 3.05) is 11.4 Å². The second-order valence-corrected chi connectivity index (χ2v) is 6.62. The molecule has 7 heteroatoms. The van der Waals surface area contributed by atoms with Crippen molar-refractivity contribution < 1.29 is 24.2 Å². The van der Waals surface area contributed by atoms with E-state index in [1.54, 1.807) is 31.2 Å². The van der Waals surface area contributed by atoms with E-state index < -0.39 is 18.1 Å². The minimum atomic E-state index is -0.929. The number of carboxylic acid groups (broad SMARTS) is 1. The summed E-state index contributed by atoms with van der Waals surface area (Å²) < 4.78 is 5.58. The van der Waals surface area contributed by atoms with E-state index in [-0.39, 0.29) is 31.2 Å². The van der Waals surface area contributed by atoms with E-state index in [0.717, 1.165) is 5.56 Å². The number of aliphatic carboxylic acids is 1. The van der Waals surface area contributed by atoms with Gasteiger partial charge in [0.2, 0.25) is 5.91 Å². The van der Waals surface area contributed by atoms with Crippen LogP contribution < -0.4 is 15.0 Å². The maximum absolute atomic E-state index is 12.7. The Morgan fingerprint density at radius 1 is 1.14 bits per heavy atom. The smallest absolute Gasteiger partial charge is 0.303 e. The number of hydrogen-bond donors (Lipinski definition) is 2. The summed E-state index contributed by atoms with van der Waals surface area (Å²) in [6.07, 6.45) is -0.495. The average Bonchev–Trinajstić information content (AvgIpc) is 2.69. The summed E-state index contributed by atoms with van der Waals surface area (Å²) in [5, 5.41) is 11.9. The third-order valence-electron chi connectivity index (χ3n) is 4.56. The summed E-state index contributed by atoms with van der Waals surface area (Å²) >= 11 is 0. The van der Waals surface area contributed by atoms with E-state index in [1.165, 1.54) is 4.90 Å². The van der Waals surface area contributed by atoms with Crippen LogP contribution in [0.3, 0.4) is 0 Å². The number of hydrogen-bond acceptors (Lipinski definition) is 4. The lowest BCUT2D eigenvalue weighted by atomic mass is 10.0. The van der Waals surface area contributed by atoms with Crippen molar-refractivity contribution in [1.29, 1.82) is 0 Å². The van der Waals surface area contributed by atoms with E-state index in [1.807, 2.05) is 30.3 Å². The van der Waals surface area contributed by atoms with Crippen LogP contribution in [0.25, 0.3) is 0 Å². The normalized spacial score (nSPS) is 16.7. The summed E-state index contributed by atoms with van der Waals surface area (Å²) in [5.41, 5.74) is 1.36. The van der Waals surface area contributed by atoms with Gasteiger partial charge in [-0.15, -0.1) is 0 Å². The molecule has 0 aromatic heterocycles. The molecule has 1 aliphatic heterocycles. The zero-order chi connectivity index (χ0) is 20.1. The van der Waals surface area contributed by atoms with Gasteiger partial charge in [-0.1, -0.05) is 42.5 Å². The molecule has 0 radical (unpaired) electrons. The molecule has 2 N–H and O–H groups in total. The summed E-state index contributed by atoms with van der Waals surface area (Å²) in [5.74, 6) is -1.04. The van der Waals surface area contributed by atoms with E-state index in [9.17, 15) is 14.4 Å². The molecule has 2 atom stereocenters. The number of carbonyl (C=O) groups excluding carboxylic acids is 2. The lowest BCUT2D eigenvalue weighted by Gasteiger charge is -2.33. The van der Waals surface area contributed by atoms with Gasteiger partial charge in [-0.2, -0.15) is 0 Å². The molecule has 0 unspecified atom stereocenters. The fourth-order valence-corrected chi connectivity index (χ4v) is 3.18. The molecule has 0 saturated carbocycles. The van der Waals surface area contributed by atoms with Gasteiger partial charge in [0.25, 0.3) is 5.91 Å². The Morgan fingerprint density at radius 2 is 1.82 bits per heavy atom. The highest BCUT2D eigenvalue weighted by molar-refractivity contribution is 6.03. The van der Waals surface area contributed by atoms with Crippen LogP contribution in [0, 0.1) is 0 Å². The molecular weight excluding hydrogens is 360 g/mol. The van der Waals surface area contributed by atoms with Crippen LogP contribution in [-0.2, 0) is 14.4 Å². The second kappa shape index (κ2) is 8.56. The maximum Gasteiger partial charge on any atom is 0.303 e. The molecule has 3 rings (SSSR count). The summed E-state index contributed by atoms with van der Waals surface area (Å²) in [6, 6.07) is 15.8. The van der Waals surface area contributed by atoms with E-state index in [4.69, 9.17) is 9.84 Å². The Kier molecular flexibility index (Phi) is 5.93. The largest absolute Gasteiger partial charge is 0.481 e. The van der Waals surface area contributed by atoms with Gasteiger partial charge in [0.1, 0.15) is 12.3 Å². The first-order chi connectivity index (χ1) is 13.5. The number of rotatable bonds is 7. The Labute approximate surface area is 162 Å². The topological polar surface area (TPSA) is 95.9 Å². The van der Waals surface area contributed by atoms with Gasteiger partial charge in [0.05, 0.1) is 11.7 Å². The van der Waals surface area contributed by atoms with Crippen molar-refractivity contribution in [3.63, 3.8) is 0 Å². The van der Waals surface area contributed by atoms with Crippen LogP contribution in [-0.4, -0.2) is 35.5 Å². The van der Waals surface area contributed by atoms with Crippen molar-refractivity contribution in [1.82, 2.24) is 5.32 Å². The predicted octanol–water partition coefficient (Wildman–Crippen LogP) is 2.52. The zero-order valence-corrected chi connectivity index (χ0v) is 15.5. The number of nitrogens with zero attached hydrogens (tertiary/aromatic N) is 1. The molecule has 0 spiro atoms. The summed E-state index contributed by atoms with van der Waals surface area (Å²) in [7, 11) is 0. The van der Waals surface area contributed by atoms with Gasteiger partial charge in [-0.05, 0) is 31.0 Å². The van der Waals surface area contributed by atoms with Gasteiger partial charge < -0.3 is 15.2 Å². The van der Waals surface area contributed by atoms with Crippen molar-refractivity contribution in [3.05, 3.63) is 60.2 Å².